The van der Waals surface area contributed by atoms with Crippen LogP contribution in [0.4, 0.5) is 16.2 Å². The number of phenolic OH excluding ortho intramolecular Hbond substituents is 1. The van der Waals surface area contributed by atoms with Gasteiger partial charge in [0, 0.05) is 45.1 Å². The van der Waals surface area contributed by atoms with Crippen molar-refractivity contribution in [3.05, 3.63) is 71.8 Å². The zero-order valence-electron chi connectivity index (χ0n) is 30.0. The van der Waals surface area contributed by atoms with Crippen LogP contribution in [0.25, 0.3) is 11.1 Å². The smallest absolute Gasteiger partial charge is 0.410 e. The number of hydrogen-bond donors (Lipinski definition) is 1. The predicted octanol–water partition coefficient (Wildman–Crippen LogP) is 6.56. The Bertz CT molecular complexity index is 1810. The van der Waals surface area contributed by atoms with Gasteiger partial charge in [-0.05, 0) is 106 Å². The van der Waals surface area contributed by atoms with Crippen molar-refractivity contribution in [2.75, 3.05) is 49.8 Å². The molecule has 0 spiro atoms. The lowest BCUT2D eigenvalue weighted by molar-refractivity contribution is -0.124. The van der Waals surface area contributed by atoms with Gasteiger partial charge in [-0.2, -0.15) is 0 Å². The predicted molar refractivity (Wildman–Crippen MR) is 193 cm³/mol. The number of rotatable bonds is 10. The lowest BCUT2D eigenvalue weighted by Gasteiger charge is -2.41. The van der Waals surface area contributed by atoms with E-state index in [2.05, 4.69) is 0 Å². The molecule has 11 nitrogen and oxygen atoms in total. The highest BCUT2D eigenvalue weighted by Gasteiger charge is 2.44. The monoisotopic (exact) mass is 697 g/mol. The van der Waals surface area contributed by atoms with E-state index in [9.17, 15) is 19.5 Å². The average molecular weight is 698 g/mol. The van der Waals surface area contributed by atoms with E-state index in [1.165, 1.54) is 13.0 Å². The van der Waals surface area contributed by atoms with Gasteiger partial charge in [0.05, 0.1) is 17.2 Å². The highest BCUT2D eigenvalue weighted by Crippen LogP contribution is 2.43. The lowest BCUT2D eigenvalue weighted by atomic mass is 9.78. The number of phenols is 1. The molecule has 3 aromatic carbocycles. The summed E-state index contributed by atoms with van der Waals surface area (Å²) in [7, 11) is 1.63. The number of Topliss-reactive ketones (excluding diaryl/α,β-unsaturated/α-hetero) is 1. The van der Waals surface area contributed by atoms with Gasteiger partial charge < -0.3 is 34.0 Å². The first kappa shape index (κ1) is 35.9. The normalized spacial score (nSPS) is 18.9. The van der Waals surface area contributed by atoms with Crippen molar-refractivity contribution in [1.82, 2.24) is 4.90 Å². The number of carbonyl (C=O) groups excluding carboxylic acids is 4. The van der Waals surface area contributed by atoms with Crippen molar-refractivity contribution < 1.29 is 38.5 Å². The van der Waals surface area contributed by atoms with E-state index in [4.69, 9.17) is 14.2 Å². The summed E-state index contributed by atoms with van der Waals surface area (Å²) >= 11 is 0. The van der Waals surface area contributed by atoms with Crippen LogP contribution < -0.4 is 14.5 Å². The van der Waals surface area contributed by atoms with Crippen LogP contribution in [-0.4, -0.2) is 85.3 Å². The van der Waals surface area contributed by atoms with Gasteiger partial charge in [-0.25, -0.2) is 4.79 Å². The number of piperidine rings is 1. The van der Waals surface area contributed by atoms with Crippen LogP contribution in [0.3, 0.4) is 0 Å². The number of anilines is 2. The van der Waals surface area contributed by atoms with Crippen molar-refractivity contribution in [3.63, 3.8) is 0 Å². The largest absolute Gasteiger partial charge is 0.507 e. The molecule has 270 valence electrons. The molecule has 0 unspecified atom stereocenters. The first-order chi connectivity index (χ1) is 24.3. The summed E-state index contributed by atoms with van der Waals surface area (Å²) in [6.07, 6.45) is 2.42. The van der Waals surface area contributed by atoms with Crippen LogP contribution in [-0.2, 0) is 19.1 Å². The van der Waals surface area contributed by atoms with Crippen LogP contribution in [0.2, 0.25) is 0 Å². The minimum atomic E-state index is -0.692. The zero-order chi connectivity index (χ0) is 36.4. The summed E-state index contributed by atoms with van der Waals surface area (Å²) in [5.74, 6) is -0.787. The van der Waals surface area contributed by atoms with Gasteiger partial charge in [0.25, 0.3) is 5.91 Å². The van der Waals surface area contributed by atoms with Crippen molar-refractivity contribution >= 4 is 35.1 Å². The fourth-order valence-electron chi connectivity index (χ4n) is 7.02. The summed E-state index contributed by atoms with van der Waals surface area (Å²) in [6.45, 7) is 8.41. The number of amides is 3. The Balaban J connectivity index is 1.36. The lowest BCUT2D eigenvalue weighted by Crippen LogP contribution is -2.51. The number of ether oxygens (including phenoxy) is 3. The molecule has 2 atom stereocenters. The molecule has 3 aromatic rings. The number of carbonyl (C=O) groups is 4. The molecule has 2 fully saturated rings. The minimum Gasteiger partial charge on any atom is -0.507 e. The summed E-state index contributed by atoms with van der Waals surface area (Å²) < 4.78 is 16.7. The molecule has 1 N–H and O–H groups in total. The van der Waals surface area contributed by atoms with Crippen molar-refractivity contribution in [1.29, 1.82) is 0 Å². The Labute approximate surface area is 299 Å². The Hall–Kier alpha value is -4.90. The molecular formula is C40H47N3O8. The SMILES string of the molecule is COCCCN1C(=O)COc2ccc(N(C(=O)[C@H]3CN(C(=O)OC(C)(C)C)CC[C@@H]3c3cccc(-c4ccc(O)c(C(C)=O)c4)c3)C3CC3)cc21. The van der Waals surface area contributed by atoms with E-state index in [-0.39, 0.29) is 54.0 Å². The third kappa shape index (κ3) is 8.04. The molecule has 3 aliphatic rings. The Morgan fingerprint density at radius 3 is 2.47 bits per heavy atom. The number of nitrogens with zero attached hydrogens (tertiary/aromatic N) is 3. The first-order valence-electron chi connectivity index (χ1n) is 17.7. The molecule has 51 heavy (non-hydrogen) atoms. The molecule has 0 radical (unpaired) electrons. The van der Waals surface area contributed by atoms with Crippen LogP contribution in [0, 0.1) is 5.92 Å². The summed E-state index contributed by atoms with van der Waals surface area (Å²) in [6, 6.07) is 18.5. The third-order valence-corrected chi connectivity index (χ3v) is 9.65. The Morgan fingerprint density at radius 2 is 1.76 bits per heavy atom. The van der Waals surface area contributed by atoms with Crippen LogP contribution in [0.15, 0.2) is 60.7 Å². The van der Waals surface area contributed by atoms with Gasteiger partial charge in [0.2, 0.25) is 5.91 Å². The quantitative estimate of drug-likeness (QED) is 0.187. The van der Waals surface area contributed by atoms with Gasteiger partial charge >= 0.3 is 6.09 Å². The van der Waals surface area contributed by atoms with E-state index < -0.39 is 17.6 Å². The topological polar surface area (TPSA) is 126 Å². The van der Waals surface area contributed by atoms with Gasteiger partial charge in [-0.3, -0.25) is 14.4 Å². The molecule has 1 saturated heterocycles. The average Bonchev–Trinajstić information content (AvgIpc) is 3.94. The number of aromatic hydroxyl groups is 1. The molecule has 11 heteroatoms. The van der Waals surface area contributed by atoms with E-state index in [1.807, 2.05) is 68.1 Å². The molecule has 2 aliphatic heterocycles. The van der Waals surface area contributed by atoms with Gasteiger partial charge in [-0.15, -0.1) is 0 Å². The zero-order valence-corrected chi connectivity index (χ0v) is 30.0. The first-order valence-corrected chi connectivity index (χ1v) is 17.7. The standard InChI is InChI=1S/C40H47N3O8/c1-25(44)32-21-27(10-14-35(32)45)26-8-6-9-28(20-26)31-16-18-41(39(48)51-40(2,3)4)23-33(31)38(47)43(29-11-12-29)30-13-15-36-34(22-30)42(17-7-19-49-5)37(46)24-50-36/h6,8-10,13-15,20-22,29,31,33,45H,7,11-12,16-19,23-24H2,1-5H3/t31-,33+/m1/s1. The number of ketones is 1. The summed E-state index contributed by atoms with van der Waals surface area (Å²) in [5.41, 5.74) is 3.42. The molecular weight excluding hydrogens is 650 g/mol. The van der Waals surface area contributed by atoms with Crippen molar-refractivity contribution in [2.24, 2.45) is 5.92 Å². The second-order valence-corrected chi connectivity index (χ2v) is 14.6. The number of hydrogen-bond acceptors (Lipinski definition) is 8. The summed E-state index contributed by atoms with van der Waals surface area (Å²) in [4.78, 5) is 58.7. The number of fused-ring (bicyclic) bond motifs is 1. The Kier molecular flexibility index (Phi) is 10.4. The highest BCUT2D eigenvalue weighted by atomic mass is 16.6. The fourth-order valence-corrected chi connectivity index (χ4v) is 7.02. The summed E-state index contributed by atoms with van der Waals surface area (Å²) in [5, 5.41) is 10.2. The fraction of sp³-hybridized carbons (Fsp3) is 0.450. The highest BCUT2D eigenvalue weighted by molar-refractivity contribution is 6.01. The molecule has 3 amide bonds. The van der Waals surface area contributed by atoms with E-state index >= 15 is 4.79 Å². The maximum atomic E-state index is 15.0. The molecule has 1 saturated carbocycles. The van der Waals surface area contributed by atoms with E-state index in [0.29, 0.717) is 49.7 Å². The van der Waals surface area contributed by atoms with Gasteiger partial charge in [0.1, 0.15) is 17.1 Å². The van der Waals surface area contributed by atoms with Crippen molar-refractivity contribution in [3.8, 4) is 22.6 Å². The second kappa shape index (κ2) is 14.8. The maximum absolute atomic E-state index is 15.0. The molecule has 1 aliphatic carbocycles. The molecule has 6 rings (SSSR count). The van der Waals surface area contributed by atoms with Crippen LogP contribution in [0.1, 0.15) is 75.2 Å². The van der Waals surface area contributed by atoms with Gasteiger partial charge in [0.15, 0.2) is 12.4 Å². The maximum Gasteiger partial charge on any atom is 0.410 e. The minimum absolute atomic E-state index is 0.0106. The number of benzene rings is 3. The molecule has 0 bridgehead atoms. The Morgan fingerprint density at radius 1 is 1.00 bits per heavy atom. The van der Waals surface area contributed by atoms with Crippen LogP contribution >= 0.6 is 0 Å². The van der Waals surface area contributed by atoms with E-state index in [0.717, 1.165) is 29.5 Å². The van der Waals surface area contributed by atoms with Gasteiger partial charge in [-0.1, -0.05) is 30.3 Å². The molecule has 2 heterocycles. The third-order valence-electron chi connectivity index (χ3n) is 9.65. The number of methoxy groups -OCH3 is 1. The van der Waals surface area contributed by atoms with Crippen molar-refractivity contribution in [2.45, 2.75) is 70.9 Å². The van der Waals surface area contributed by atoms with E-state index in [1.54, 1.807) is 29.0 Å². The number of likely N-dealkylation sites (tertiary alicyclic amines) is 1. The van der Waals surface area contributed by atoms with Crippen LogP contribution in [0.5, 0.6) is 11.5 Å². The second-order valence-electron chi connectivity index (χ2n) is 14.6. The molecule has 0 aromatic heterocycles.